The molecule has 1 amide bonds. The molecule has 0 bridgehead atoms. The number of hydrogen-bond donors (Lipinski definition) is 2. The standard InChI is InChI=1S/C10H12N4O/c1-14(7-10(15)13-12)9-5-3-2-4-8(9)6-11/h2-5H,7,12H2,1H3,(H,13,15). The van der Waals surface area contributed by atoms with E-state index >= 15 is 0 Å². The second-order valence-electron chi connectivity index (χ2n) is 3.05. The summed E-state index contributed by atoms with van der Waals surface area (Å²) in [5, 5.41) is 8.86. The summed E-state index contributed by atoms with van der Waals surface area (Å²) in [6, 6.07) is 9.13. The van der Waals surface area contributed by atoms with Crippen molar-refractivity contribution in [1.29, 1.82) is 5.26 Å². The molecular weight excluding hydrogens is 192 g/mol. The molecular formula is C10H12N4O. The Labute approximate surface area is 88.1 Å². The van der Waals surface area contributed by atoms with E-state index in [4.69, 9.17) is 11.1 Å². The van der Waals surface area contributed by atoms with Crippen LogP contribution in [0.5, 0.6) is 0 Å². The molecule has 0 unspecified atom stereocenters. The molecule has 0 atom stereocenters. The largest absolute Gasteiger partial charge is 0.364 e. The maximum atomic E-state index is 11.0. The van der Waals surface area contributed by atoms with Gasteiger partial charge in [-0.25, -0.2) is 5.84 Å². The van der Waals surface area contributed by atoms with Crippen molar-refractivity contribution in [1.82, 2.24) is 5.43 Å². The van der Waals surface area contributed by atoms with Crippen LogP contribution in [0.1, 0.15) is 5.56 Å². The van der Waals surface area contributed by atoms with Crippen LogP contribution in [0.15, 0.2) is 24.3 Å². The number of carbonyl (C=O) groups is 1. The van der Waals surface area contributed by atoms with E-state index in [1.54, 1.807) is 30.1 Å². The van der Waals surface area contributed by atoms with Crippen LogP contribution in [0, 0.1) is 11.3 Å². The fraction of sp³-hybridized carbons (Fsp3) is 0.200. The van der Waals surface area contributed by atoms with E-state index in [-0.39, 0.29) is 12.5 Å². The molecule has 78 valence electrons. The Bertz CT molecular complexity index is 397. The first-order chi connectivity index (χ1) is 7.19. The van der Waals surface area contributed by atoms with E-state index in [9.17, 15) is 4.79 Å². The third kappa shape index (κ3) is 2.69. The number of anilines is 1. The monoisotopic (exact) mass is 204 g/mol. The lowest BCUT2D eigenvalue weighted by Gasteiger charge is -2.18. The van der Waals surface area contributed by atoms with E-state index in [1.807, 2.05) is 11.5 Å². The summed E-state index contributed by atoms with van der Waals surface area (Å²) in [6.07, 6.45) is 0. The number of nitrogens with two attached hydrogens (primary N) is 1. The van der Waals surface area contributed by atoms with Gasteiger partial charge < -0.3 is 4.90 Å². The van der Waals surface area contributed by atoms with Crippen LogP contribution < -0.4 is 16.2 Å². The van der Waals surface area contributed by atoms with E-state index < -0.39 is 0 Å². The Morgan fingerprint density at radius 2 is 2.27 bits per heavy atom. The Morgan fingerprint density at radius 3 is 2.87 bits per heavy atom. The van der Waals surface area contributed by atoms with Crippen molar-refractivity contribution in [2.45, 2.75) is 0 Å². The molecule has 0 fully saturated rings. The summed E-state index contributed by atoms with van der Waals surface area (Å²) in [7, 11) is 1.73. The minimum atomic E-state index is -0.301. The number of para-hydroxylation sites is 1. The molecule has 5 nitrogen and oxygen atoms in total. The van der Waals surface area contributed by atoms with Gasteiger partial charge in [0.15, 0.2) is 0 Å². The molecule has 1 aromatic rings. The van der Waals surface area contributed by atoms with Crippen LogP contribution in [0.4, 0.5) is 5.69 Å². The van der Waals surface area contributed by atoms with Gasteiger partial charge in [0.1, 0.15) is 6.07 Å². The van der Waals surface area contributed by atoms with Gasteiger partial charge in [-0.05, 0) is 12.1 Å². The quantitative estimate of drug-likeness (QED) is 0.412. The second-order valence-corrected chi connectivity index (χ2v) is 3.05. The molecule has 0 spiro atoms. The number of nitrogens with one attached hydrogen (secondary N) is 1. The normalized spacial score (nSPS) is 9.13. The zero-order valence-electron chi connectivity index (χ0n) is 8.40. The second kappa shape index (κ2) is 4.98. The van der Waals surface area contributed by atoms with Gasteiger partial charge in [-0.15, -0.1) is 0 Å². The lowest BCUT2D eigenvalue weighted by Crippen LogP contribution is -2.39. The molecule has 0 aromatic heterocycles. The highest BCUT2D eigenvalue weighted by Gasteiger charge is 2.09. The van der Waals surface area contributed by atoms with E-state index in [0.29, 0.717) is 11.3 Å². The van der Waals surface area contributed by atoms with Gasteiger partial charge in [-0.3, -0.25) is 10.2 Å². The Hall–Kier alpha value is -2.06. The SMILES string of the molecule is CN(CC(=O)NN)c1ccccc1C#N. The first-order valence-corrected chi connectivity index (χ1v) is 4.38. The van der Waals surface area contributed by atoms with Gasteiger partial charge in [-0.1, -0.05) is 12.1 Å². The summed E-state index contributed by atoms with van der Waals surface area (Å²) >= 11 is 0. The maximum absolute atomic E-state index is 11.0. The third-order valence-corrected chi connectivity index (χ3v) is 1.98. The van der Waals surface area contributed by atoms with Crippen molar-refractivity contribution in [3.05, 3.63) is 29.8 Å². The van der Waals surface area contributed by atoms with E-state index in [0.717, 1.165) is 0 Å². The van der Waals surface area contributed by atoms with Gasteiger partial charge in [-0.2, -0.15) is 5.26 Å². The number of carbonyl (C=O) groups excluding carboxylic acids is 1. The predicted molar refractivity (Wildman–Crippen MR) is 56.8 cm³/mol. The fourth-order valence-corrected chi connectivity index (χ4v) is 1.25. The van der Waals surface area contributed by atoms with Crippen LogP contribution in [0.3, 0.4) is 0 Å². The van der Waals surface area contributed by atoms with Crippen molar-refractivity contribution in [3.8, 4) is 6.07 Å². The molecule has 1 aromatic carbocycles. The number of hydrogen-bond acceptors (Lipinski definition) is 4. The van der Waals surface area contributed by atoms with Gasteiger partial charge in [0.2, 0.25) is 0 Å². The van der Waals surface area contributed by atoms with E-state index in [1.165, 1.54) is 0 Å². The topological polar surface area (TPSA) is 82.2 Å². The number of rotatable bonds is 3. The first kappa shape index (κ1) is 11.0. The molecule has 0 aliphatic heterocycles. The molecule has 3 N–H and O–H groups in total. The molecule has 0 radical (unpaired) electrons. The zero-order chi connectivity index (χ0) is 11.3. The number of nitriles is 1. The fourth-order valence-electron chi connectivity index (χ4n) is 1.25. The maximum Gasteiger partial charge on any atom is 0.253 e. The Kier molecular flexibility index (Phi) is 3.66. The van der Waals surface area contributed by atoms with Crippen molar-refractivity contribution in [2.24, 2.45) is 5.84 Å². The third-order valence-electron chi connectivity index (χ3n) is 1.98. The number of hydrazine groups is 1. The lowest BCUT2D eigenvalue weighted by atomic mass is 10.2. The molecule has 15 heavy (non-hydrogen) atoms. The minimum Gasteiger partial charge on any atom is -0.364 e. The zero-order valence-corrected chi connectivity index (χ0v) is 8.40. The predicted octanol–water partition coefficient (Wildman–Crippen LogP) is -0.0156. The number of amides is 1. The van der Waals surface area contributed by atoms with Crippen molar-refractivity contribution < 1.29 is 4.79 Å². The number of nitrogens with zero attached hydrogens (tertiary/aromatic N) is 2. The molecule has 0 heterocycles. The summed E-state index contributed by atoms with van der Waals surface area (Å²) in [5.41, 5.74) is 3.28. The molecule has 1 rings (SSSR count). The molecule has 0 saturated carbocycles. The van der Waals surface area contributed by atoms with Crippen molar-refractivity contribution in [2.75, 3.05) is 18.5 Å². The lowest BCUT2D eigenvalue weighted by molar-refractivity contribution is -0.119. The van der Waals surface area contributed by atoms with Crippen molar-refractivity contribution >= 4 is 11.6 Å². The van der Waals surface area contributed by atoms with Crippen LogP contribution in [-0.4, -0.2) is 19.5 Å². The smallest absolute Gasteiger partial charge is 0.253 e. The first-order valence-electron chi connectivity index (χ1n) is 4.38. The molecule has 0 aliphatic rings. The Morgan fingerprint density at radius 1 is 1.60 bits per heavy atom. The summed E-state index contributed by atoms with van der Waals surface area (Å²) < 4.78 is 0. The summed E-state index contributed by atoms with van der Waals surface area (Å²) in [5.74, 6) is 4.68. The van der Waals surface area contributed by atoms with Crippen LogP contribution in [0.2, 0.25) is 0 Å². The van der Waals surface area contributed by atoms with Gasteiger partial charge in [0.25, 0.3) is 5.91 Å². The molecule has 5 heteroatoms. The molecule has 0 saturated heterocycles. The minimum absolute atomic E-state index is 0.120. The van der Waals surface area contributed by atoms with Gasteiger partial charge in [0, 0.05) is 7.05 Å². The van der Waals surface area contributed by atoms with Crippen LogP contribution in [0.25, 0.3) is 0 Å². The number of likely N-dealkylation sites (N-methyl/N-ethyl adjacent to an activating group) is 1. The highest BCUT2D eigenvalue weighted by Crippen LogP contribution is 2.17. The summed E-state index contributed by atoms with van der Waals surface area (Å²) in [4.78, 5) is 12.7. The number of benzene rings is 1. The molecule has 0 aliphatic carbocycles. The average Bonchev–Trinajstić information content (AvgIpc) is 2.28. The average molecular weight is 204 g/mol. The Balaban J connectivity index is 2.87. The van der Waals surface area contributed by atoms with Gasteiger partial charge >= 0.3 is 0 Å². The summed E-state index contributed by atoms with van der Waals surface area (Å²) in [6.45, 7) is 0.120. The highest BCUT2D eigenvalue weighted by molar-refractivity contribution is 5.81. The van der Waals surface area contributed by atoms with Crippen LogP contribution >= 0.6 is 0 Å². The van der Waals surface area contributed by atoms with Gasteiger partial charge in [0.05, 0.1) is 17.8 Å². The van der Waals surface area contributed by atoms with Crippen LogP contribution in [-0.2, 0) is 4.79 Å². The highest BCUT2D eigenvalue weighted by atomic mass is 16.2. The van der Waals surface area contributed by atoms with E-state index in [2.05, 4.69) is 6.07 Å². The van der Waals surface area contributed by atoms with Crippen molar-refractivity contribution in [3.63, 3.8) is 0 Å².